The molecule has 2 saturated carbocycles. The zero-order valence-corrected chi connectivity index (χ0v) is 12.2. The number of fused-ring (bicyclic) bond motifs is 2. The third-order valence-electron chi connectivity index (χ3n) is 5.02. The van der Waals surface area contributed by atoms with Crippen molar-refractivity contribution in [3.8, 4) is 0 Å². The highest BCUT2D eigenvalue weighted by Gasteiger charge is 2.39. The molecule has 0 amide bonds. The van der Waals surface area contributed by atoms with Gasteiger partial charge in [0, 0.05) is 19.3 Å². The van der Waals surface area contributed by atoms with E-state index in [0.29, 0.717) is 5.69 Å². The number of nitrogens with two attached hydrogens (primary N) is 1. The summed E-state index contributed by atoms with van der Waals surface area (Å²) < 4.78 is 0. The zero-order chi connectivity index (χ0) is 14.1. The Hall–Kier alpha value is -1.42. The van der Waals surface area contributed by atoms with Crippen molar-refractivity contribution >= 4 is 5.84 Å². The first-order chi connectivity index (χ1) is 9.63. The standard InChI is InChI=1S/C16H24N4/c1-20(10-14-8-11-4-5-12(14)7-11)9-13-3-2-6-19-15(13)16(17)18/h2-3,6,11-12,14H,4-5,7-10H2,1H3,(H3,17,18). The first-order valence-electron chi connectivity index (χ1n) is 7.60. The largest absolute Gasteiger partial charge is 0.382 e. The van der Waals surface area contributed by atoms with E-state index in [-0.39, 0.29) is 5.84 Å². The van der Waals surface area contributed by atoms with Crippen LogP contribution >= 0.6 is 0 Å². The topological polar surface area (TPSA) is 66.0 Å². The summed E-state index contributed by atoms with van der Waals surface area (Å²) in [5, 5.41) is 7.61. The van der Waals surface area contributed by atoms with Crippen molar-refractivity contribution in [2.75, 3.05) is 13.6 Å². The number of nitrogens with one attached hydrogen (secondary N) is 1. The summed E-state index contributed by atoms with van der Waals surface area (Å²) in [6, 6.07) is 3.95. The predicted molar refractivity (Wildman–Crippen MR) is 80.5 cm³/mol. The maximum absolute atomic E-state index is 7.61. The molecule has 3 rings (SSSR count). The second kappa shape index (κ2) is 5.52. The Labute approximate surface area is 120 Å². The maximum atomic E-state index is 7.61. The fraction of sp³-hybridized carbons (Fsp3) is 0.625. The van der Waals surface area contributed by atoms with Crippen LogP contribution in [0.3, 0.4) is 0 Å². The van der Waals surface area contributed by atoms with Crippen LogP contribution in [-0.2, 0) is 6.54 Å². The molecule has 1 heterocycles. The maximum Gasteiger partial charge on any atom is 0.142 e. The molecule has 108 valence electrons. The third-order valence-corrected chi connectivity index (χ3v) is 5.02. The van der Waals surface area contributed by atoms with Gasteiger partial charge in [-0.1, -0.05) is 12.5 Å². The molecule has 0 spiro atoms. The summed E-state index contributed by atoms with van der Waals surface area (Å²) in [5.41, 5.74) is 7.30. The normalized spacial score (nSPS) is 28.2. The Kier molecular flexibility index (Phi) is 3.74. The fourth-order valence-electron chi connectivity index (χ4n) is 4.16. The van der Waals surface area contributed by atoms with Crippen molar-refractivity contribution in [3.63, 3.8) is 0 Å². The number of amidine groups is 1. The monoisotopic (exact) mass is 272 g/mol. The lowest BCUT2D eigenvalue weighted by molar-refractivity contribution is 0.214. The van der Waals surface area contributed by atoms with Gasteiger partial charge in [0.1, 0.15) is 11.5 Å². The first kappa shape index (κ1) is 13.6. The minimum absolute atomic E-state index is 0.0638. The molecular formula is C16H24N4. The highest BCUT2D eigenvalue weighted by atomic mass is 15.1. The van der Waals surface area contributed by atoms with Crippen LogP contribution in [0.15, 0.2) is 18.3 Å². The molecule has 2 aliphatic carbocycles. The Morgan fingerprint density at radius 1 is 1.45 bits per heavy atom. The number of hydrogen-bond donors (Lipinski definition) is 2. The van der Waals surface area contributed by atoms with Crippen LogP contribution in [0.2, 0.25) is 0 Å². The summed E-state index contributed by atoms with van der Waals surface area (Å²) >= 11 is 0. The van der Waals surface area contributed by atoms with Gasteiger partial charge in [-0.05, 0) is 55.7 Å². The van der Waals surface area contributed by atoms with Gasteiger partial charge in [0.05, 0.1) is 0 Å². The number of nitrogens with zero attached hydrogens (tertiary/aromatic N) is 2. The number of aromatic nitrogens is 1. The lowest BCUT2D eigenvalue weighted by Crippen LogP contribution is -2.29. The molecule has 4 nitrogen and oxygen atoms in total. The van der Waals surface area contributed by atoms with E-state index in [0.717, 1.165) is 36.4 Å². The summed E-state index contributed by atoms with van der Waals surface area (Å²) in [7, 11) is 2.17. The van der Waals surface area contributed by atoms with Crippen LogP contribution in [0.4, 0.5) is 0 Å². The average Bonchev–Trinajstić information content (AvgIpc) is 3.01. The van der Waals surface area contributed by atoms with Crippen molar-refractivity contribution in [2.45, 2.75) is 32.2 Å². The van der Waals surface area contributed by atoms with E-state index in [1.165, 1.54) is 25.7 Å². The van der Waals surface area contributed by atoms with E-state index < -0.39 is 0 Å². The number of hydrogen-bond acceptors (Lipinski definition) is 3. The Bertz CT molecular complexity index is 499. The van der Waals surface area contributed by atoms with Gasteiger partial charge in [0.15, 0.2) is 0 Å². The van der Waals surface area contributed by atoms with Crippen LogP contribution in [-0.4, -0.2) is 29.3 Å². The van der Waals surface area contributed by atoms with Gasteiger partial charge >= 0.3 is 0 Å². The van der Waals surface area contributed by atoms with Crippen LogP contribution in [0.25, 0.3) is 0 Å². The smallest absolute Gasteiger partial charge is 0.142 e. The highest BCUT2D eigenvalue weighted by Crippen LogP contribution is 2.48. The summed E-state index contributed by atoms with van der Waals surface area (Å²) in [6.07, 6.45) is 7.48. The Balaban J connectivity index is 1.61. The van der Waals surface area contributed by atoms with Crippen LogP contribution in [0.5, 0.6) is 0 Å². The molecule has 0 radical (unpaired) electrons. The molecule has 2 aliphatic rings. The number of rotatable bonds is 5. The SMILES string of the molecule is CN(Cc1cccnc1C(=N)N)CC1CC2CCC1C2. The van der Waals surface area contributed by atoms with Crippen molar-refractivity contribution in [3.05, 3.63) is 29.6 Å². The van der Waals surface area contributed by atoms with Gasteiger partial charge in [-0.25, -0.2) is 0 Å². The van der Waals surface area contributed by atoms with E-state index in [1.54, 1.807) is 6.20 Å². The van der Waals surface area contributed by atoms with Crippen molar-refractivity contribution < 1.29 is 0 Å². The molecule has 0 aliphatic heterocycles. The molecule has 1 aromatic heterocycles. The van der Waals surface area contributed by atoms with Crippen LogP contribution in [0.1, 0.15) is 36.9 Å². The molecule has 1 aromatic rings. The van der Waals surface area contributed by atoms with E-state index in [4.69, 9.17) is 11.1 Å². The minimum Gasteiger partial charge on any atom is -0.382 e. The Morgan fingerprint density at radius 2 is 2.30 bits per heavy atom. The van der Waals surface area contributed by atoms with E-state index in [1.807, 2.05) is 12.1 Å². The highest BCUT2D eigenvalue weighted by molar-refractivity contribution is 5.94. The molecule has 0 aromatic carbocycles. The predicted octanol–water partition coefficient (Wildman–Crippen LogP) is 2.23. The average molecular weight is 272 g/mol. The van der Waals surface area contributed by atoms with Crippen LogP contribution < -0.4 is 5.73 Å². The molecule has 2 bridgehead atoms. The second-order valence-corrected chi connectivity index (χ2v) is 6.56. The Morgan fingerprint density at radius 3 is 2.95 bits per heavy atom. The lowest BCUT2D eigenvalue weighted by Gasteiger charge is -2.27. The van der Waals surface area contributed by atoms with Gasteiger partial charge in [-0.2, -0.15) is 0 Å². The summed E-state index contributed by atoms with van der Waals surface area (Å²) in [4.78, 5) is 6.59. The fourth-order valence-corrected chi connectivity index (χ4v) is 4.16. The van der Waals surface area contributed by atoms with Crippen LogP contribution in [0, 0.1) is 23.2 Å². The molecule has 2 fully saturated rings. The van der Waals surface area contributed by atoms with Crippen molar-refractivity contribution in [2.24, 2.45) is 23.5 Å². The number of nitrogen functional groups attached to an aromatic ring is 1. The van der Waals surface area contributed by atoms with Gasteiger partial charge in [0.25, 0.3) is 0 Å². The van der Waals surface area contributed by atoms with Gasteiger partial charge in [-0.15, -0.1) is 0 Å². The second-order valence-electron chi connectivity index (χ2n) is 6.56. The van der Waals surface area contributed by atoms with E-state index in [9.17, 15) is 0 Å². The van der Waals surface area contributed by atoms with E-state index in [2.05, 4.69) is 16.9 Å². The van der Waals surface area contributed by atoms with Crippen molar-refractivity contribution in [1.82, 2.24) is 9.88 Å². The number of pyridine rings is 1. The molecule has 3 atom stereocenters. The molecule has 3 unspecified atom stereocenters. The molecule has 3 N–H and O–H groups in total. The molecule has 20 heavy (non-hydrogen) atoms. The summed E-state index contributed by atoms with van der Waals surface area (Å²) in [6.45, 7) is 1.99. The lowest BCUT2D eigenvalue weighted by atomic mass is 9.88. The third kappa shape index (κ3) is 2.70. The van der Waals surface area contributed by atoms with Gasteiger partial charge in [-0.3, -0.25) is 10.4 Å². The van der Waals surface area contributed by atoms with E-state index >= 15 is 0 Å². The minimum atomic E-state index is 0.0638. The molecular weight excluding hydrogens is 248 g/mol. The van der Waals surface area contributed by atoms with Gasteiger partial charge in [0.2, 0.25) is 0 Å². The van der Waals surface area contributed by atoms with Gasteiger partial charge < -0.3 is 10.6 Å². The quantitative estimate of drug-likeness (QED) is 0.638. The van der Waals surface area contributed by atoms with Crippen molar-refractivity contribution in [1.29, 1.82) is 5.41 Å². The molecule has 0 saturated heterocycles. The first-order valence-corrected chi connectivity index (χ1v) is 7.60. The molecule has 4 heteroatoms. The summed E-state index contributed by atoms with van der Waals surface area (Å²) in [5.74, 6) is 2.90. The zero-order valence-electron chi connectivity index (χ0n) is 12.2.